The summed E-state index contributed by atoms with van der Waals surface area (Å²) in [7, 11) is 2.95. The van der Waals surface area contributed by atoms with Crippen molar-refractivity contribution in [2.24, 2.45) is 0 Å². The molecule has 0 heterocycles. The molecule has 0 bridgehead atoms. The molecule has 0 fully saturated rings. The largest absolute Gasteiger partial charge is 0.496 e. The summed E-state index contributed by atoms with van der Waals surface area (Å²) in [4.78, 5) is 10.9. The van der Waals surface area contributed by atoms with E-state index in [0.717, 1.165) is 18.5 Å². The summed E-state index contributed by atoms with van der Waals surface area (Å²) in [6.45, 7) is 1.44. The minimum atomic E-state index is -0.263. The number of hydrogen-bond acceptors (Lipinski definition) is 4. The van der Waals surface area contributed by atoms with Crippen LogP contribution in [0.4, 0.5) is 4.39 Å². The molecule has 106 valence electrons. The Kier molecular flexibility index (Phi) is 6.89. The minimum Gasteiger partial charge on any atom is -0.496 e. The van der Waals surface area contributed by atoms with Crippen LogP contribution >= 0.6 is 0 Å². The topological polar surface area (TPSA) is 47.6 Å². The zero-order valence-electron chi connectivity index (χ0n) is 11.4. The van der Waals surface area contributed by atoms with Crippen molar-refractivity contribution in [3.8, 4) is 5.75 Å². The third-order valence-corrected chi connectivity index (χ3v) is 2.78. The van der Waals surface area contributed by atoms with Crippen LogP contribution in [0.25, 0.3) is 0 Å². The molecule has 5 heteroatoms. The number of benzene rings is 1. The fourth-order valence-corrected chi connectivity index (χ4v) is 1.75. The van der Waals surface area contributed by atoms with Gasteiger partial charge in [0, 0.05) is 6.42 Å². The smallest absolute Gasteiger partial charge is 0.305 e. The van der Waals surface area contributed by atoms with E-state index in [1.807, 2.05) is 0 Å². The Bertz CT molecular complexity index is 410. The second-order valence-electron chi connectivity index (χ2n) is 4.14. The number of carbonyl (C=O) groups excluding carboxylic acids is 1. The molecule has 1 rings (SSSR count). The maximum absolute atomic E-state index is 13.1. The first kappa shape index (κ1) is 15.4. The van der Waals surface area contributed by atoms with Crippen molar-refractivity contribution >= 4 is 5.97 Å². The molecule has 0 aliphatic carbocycles. The molecule has 0 saturated heterocycles. The normalized spacial score (nSPS) is 10.3. The number of hydrogen-bond donors (Lipinski definition) is 1. The van der Waals surface area contributed by atoms with Gasteiger partial charge in [-0.25, -0.2) is 4.39 Å². The van der Waals surface area contributed by atoms with Gasteiger partial charge in [-0.2, -0.15) is 0 Å². The van der Waals surface area contributed by atoms with Gasteiger partial charge in [0.15, 0.2) is 0 Å². The van der Waals surface area contributed by atoms with Gasteiger partial charge in [-0.05, 0) is 49.7 Å². The summed E-state index contributed by atoms with van der Waals surface area (Å²) in [5.74, 6) is 0.229. The molecular formula is C14H20FNO3. The molecule has 0 aromatic heterocycles. The quantitative estimate of drug-likeness (QED) is 0.578. The predicted molar refractivity (Wildman–Crippen MR) is 70.8 cm³/mol. The summed E-state index contributed by atoms with van der Waals surface area (Å²) in [5.41, 5.74) is 0.836. The molecule has 0 aliphatic heterocycles. The van der Waals surface area contributed by atoms with Gasteiger partial charge in [-0.15, -0.1) is 0 Å². The lowest BCUT2D eigenvalue weighted by molar-refractivity contribution is -0.140. The number of ether oxygens (including phenoxy) is 2. The van der Waals surface area contributed by atoms with Crippen molar-refractivity contribution in [3.63, 3.8) is 0 Å². The molecule has 1 N–H and O–H groups in total. The van der Waals surface area contributed by atoms with Crippen molar-refractivity contribution in [3.05, 3.63) is 29.6 Å². The third-order valence-electron chi connectivity index (χ3n) is 2.78. The monoisotopic (exact) mass is 269 g/mol. The Morgan fingerprint density at radius 1 is 1.32 bits per heavy atom. The molecule has 4 nitrogen and oxygen atoms in total. The van der Waals surface area contributed by atoms with E-state index in [9.17, 15) is 9.18 Å². The van der Waals surface area contributed by atoms with Gasteiger partial charge in [0.1, 0.15) is 11.6 Å². The second kappa shape index (κ2) is 8.48. The Hall–Kier alpha value is -1.62. The number of nitrogens with one attached hydrogen (secondary N) is 1. The average Bonchev–Trinajstić information content (AvgIpc) is 2.42. The van der Waals surface area contributed by atoms with Crippen LogP contribution in [0.1, 0.15) is 18.4 Å². The zero-order valence-corrected chi connectivity index (χ0v) is 11.4. The highest BCUT2D eigenvalue weighted by Crippen LogP contribution is 2.19. The zero-order chi connectivity index (χ0) is 14.1. The summed E-state index contributed by atoms with van der Waals surface area (Å²) in [6, 6.07) is 4.49. The van der Waals surface area contributed by atoms with Crippen LogP contribution in [0.2, 0.25) is 0 Å². The first-order chi connectivity index (χ1) is 9.17. The van der Waals surface area contributed by atoms with Gasteiger partial charge in [-0.1, -0.05) is 0 Å². The van der Waals surface area contributed by atoms with Gasteiger partial charge in [0.05, 0.1) is 14.2 Å². The van der Waals surface area contributed by atoms with Crippen LogP contribution < -0.4 is 10.1 Å². The van der Waals surface area contributed by atoms with E-state index in [4.69, 9.17) is 4.74 Å². The molecule has 0 spiro atoms. The Morgan fingerprint density at radius 3 is 2.79 bits per heavy atom. The fourth-order valence-electron chi connectivity index (χ4n) is 1.75. The highest BCUT2D eigenvalue weighted by molar-refractivity contribution is 5.69. The first-order valence-electron chi connectivity index (χ1n) is 6.27. The molecule has 0 radical (unpaired) electrons. The maximum atomic E-state index is 13.1. The summed E-state index contributed by atoms with van der Waals surface area (Å²) in [6.07, 6.45) is 1.82. The lowest BCUT2D eigenvalue weighted by Crippen LogP contribution is -2.19. The van der Waals surface area contributed by atoms with Crippen molar-refractivity contribution in [1.82, 2.24) is 5.32 Å². The van der Waals surface area contributed by atoms with Crippen LogP contribution in [-0.2, 0) is 16.0 Å². The summed E-state index contributed by atoms with van der Waals surface area (Å²) < 4.78 is 22.8. The van der Waals surface area contributed by atoms with Gasteiger partial charge < -0.3 is 14.8 Å². The lowest BCUT2D eigenvalue weighted by Gasteiger charge is -2.09. The van der Waals surface area contributed by atoms with E-state index in [2.05, 4.69) is 10.1 Å². The third kappa shape index (κ3) is 5.70. The van der Waals surface area contributed by atoms with E-state index in [-0.39, 0.29) is 11.8 Å². The van der Waals surface area contributed by atoms with Crippen molar-refractivity contribution in [2.45, 2.75) is 19.3 Å². The number of rotatable bonds is 8. The number of carbonyl (C=O) groups is 1. The average molecular weight is 269 g/mol. The van der Waals surface area contributed by atoms with Crippen molar-refractivity contribution in [2.75, 3.05) is 27.3 Å². The van der Waals surface area contributed by atoms with E-state index >= 15 is 0 Å². The molecule has 1 aromatic carbocycles. The van der Waals surface area contributed by atoms with E-state index in [1.165, 1.54) is 19.2 Å². The lowest BCUT2D eigenvalue weighted by atomic mass is 10.1. The molecule has 0 atom stereocenters. The number of esters is 1. The number of methoxy groups -OCH3 is 2. The van der Waals surface area contributed by atoms with E-state index in [1.54, 1.807) is 13.2 Å². The van der Waals surface area contributed by atoms with Crippen LogP contribution in [0, 0.1) is 5.82 Å². The summed E-state index contributed by atoms with van der Waals surface area (Å²) in [5, 5.41) is 3.20. The van der Waals surface area contributed by atoms with E-state index in [0.29, 0.717) is 25.1 Å². The van der Waals surface area contributed by atoms with Crippen LogP contribution in [0.15, 0.2) is 18.2 Å². The van der Waals surface area contributed by atoms with Crippen LogP contribution in [-0.4, -0.2) is 33.3 Å². The fraction of sp³-hybridized carbons (Fsp3) is 0.500. The predicted octanol–water partition coefficient (Wildman–Crippen LogP) is 1.92. The molecule has 0 saturated carbocycles. The molecule has 0 aliphatic rings. The first-order valence-corrected chi connectivity index (χ1v) is 6.27. The van der Waals surface area contributed by atoms with Crippen LogP contribution in [0.3, 0.4) is 0 Å². The Labute approximate surface area is 112 Å². The molecular weight excluding hydrogens is 249 g/mol. The number of halogens is 1. The summed E-state index contributed by atoms with van der Waals surface area (Å²) >= 11 is 0. The minimum absolute atomic E-state index is 0.200. The molecule has 0 unspecified atom stereocenters. The van der Waals surface area contributed by atoms with Gasteiger partial charge in [0.25, 0.3) is 0 Å². The van der Waals surface area contributed by atoms with Crippen molar-refractivity contribution in [1.29, 1.82) is 0 Å². The van der Waals surface area contributed by atoms with Gasteiger partial charge in [-0.3, -0.25) is 4.79 Å². The van der Waals surface area contributed by atoms with E-state index < -0.39 is 0 Å². The van der Waals surface area contributed by atoms with Gasteiger partial charge in [0.2, 0.25) is 0 Å². The SMILES string of the molecule is COC(=O)CCCNCCc1cc(F)ccc1OC. The second-order valence-corrected chi connectivity index (χ2v) is 4.14. The molecule has 0 amide bonds. The molecule has 1 aromatic rings. The standard InChI is InChI=1S/C14H20FNO3/c1-18-13-6-5-12(15)10-11(13)7-9-16-8-3-4-14(17)19-2/h5-6,10,16H,3-4,7-9H2,1-2H3. The maximum Gasteiger partial charge on any atom is 0.305 e. The highest BCUT2D eigenvalue weighted by atomic mass is 19.1. The highest BCUT2D eigenvalue weighted by Gasteiger charge is 2.04. The Morgan fingerprint density at radius 2 is 2.11 bits per heavy atom. The van der Waals surface area contributed by atoms with Crippen molar-refractivity contribution < 1.29 is 18.7 Å². The van der Waals surface area contributed by atoms with Gasteiger partial charge >= 0.3 is 5.97 Å². The molecule has 19 heavy (non-hydrogen) atoms. The Balaban J connectivity index is 2.25. The van der Waals surface area contributed by atoms with Crippen LogP contribution in [0.5, 0.6) is 5.75 Å².